The Morgan fingerprint density at radius 2 is 0.420 bits per heavy atom. The average Bonchev–Trinajstić information content (AvgIpc) is 3.91. The fourth-order valence-corrected chi connectivity index (χ4v) is 11.1. The van der Waals surface area contributed by atoms with Gasteiger partial charge in [0.05, 0.1) is 44.5 Å². The van der Waals surface area contributed by atoms with Crippen LogP contribution in [0.15, 0.2) is 121 Å². The molecule has 0 aromatic heterocycles. The van der Waals surface area contributed by atoms with Crippen molar-refractivity contribution in [2.24, 2.45) is 0 Å². The van der Waals surface area contributed by atoms with E-state index in [-0.39, 0.29) is 51.9 Å². The van der Waals surface area contributed by atoms with E-state index in [0.29, 0.717) is 48.5 Å². The third-order valence-corrected chi connectivity index (χ3v) is 13.9. The van der Waals surface area contributed by atoms with Crippen LogP contribution in [0, 0.1) is 0 Å². The van der Waals surface area contributed by atoms with E-state index in [0.717, 1.165) is 0 Å². The maximum Gasteiger partial charge on any atom is 2.00 e. The quantitative estimate of drug-likeness (QED) is 0.0675. The van der Waals surface area contributed by atoms with Gasteiger partial charge in [0.1, 0.15) is 0 Å². The fraction of sp³-hybridized carbons (Fsp3) is 0.190. The van der Waals surface area contributed by atoms with Gasteiger partial charge in [-0.05, 0) is 110 Å². The van der Waals surface area contributed by atoms with Crippen LogP contribution < -0.4 is 31.8 Å². The van der Waals surface area contributed by atoms with E-state index in [1.165, 1.54) is 48.5 Å². The monoisotopic (exact) mass is 1100 g/mol. The maximum absolute atomic E-state index is 13.3. The second kappa shape index (κ2) is 19.8. The van der Waals surface area contributed by atoms with Crippen molar-refractivity contribution in [2.75, 3.05) is 0 Å². The molecule has 0 unspecified atom stereocenters. The van der Waals surface area contributed by atoms with E-state index in [9.17, 15) is 105 Å². The van der Waals surface area contributed by atoms with Gasteiger partial charge in [-0.2, -0.15) is 130 Å². The van der Waals surface area contributed by atoms with Gasteiger partial charge in [-0.1, -0.05) is 0 Å². The minimum absolute atomic E-state index is 0. The summed E-state index contributed by atoms with van der Waals surface area (Å²) in [4.78, 5) is 0. The molecule has 0 amide bonds. The number of rotatable bonds is 6. The standard InChI is InChI=1S/2C21H10F12P.Fe/c2*22-18(23,24)11-5-12(19(25,26)27)8-16(7-11)34(15-3-1-2-4-15)17-9-13(20(28,29)30)6-14(10-17)21(31,32)33;/h2*1-10H;/q2*-1;+2. The molecule has 374 valence electrons. The summed E-state index contributed by atoms with van der Waals surface area (Å²) in [6.45, 7) is 0. The first-order valence-corrected chi connectivity index (χ1v) is 20.6. The summed E-state index contributed by atoms with van der Waals surface area (Å²) in [6.07, 6.45) is -42.0. The second-order valence-corrected chi connectivity index (χ2v) is 18.5. The molecule has 0 aliphatic heterocycles. The molecule has 0 aliphatic rings. The molecule has 0 spiro atoms. The Kier molecular flexibility index (Phi) is 16.3. The summed E-state index contributed by atoms with van der Waals surface area (Å²) in [5.74, 6) is 0. The zero-order chi connectivity index (χ0) is 51.4. The van der Waals surface area contributed by atoms with E-state index >= 15 is 0 Å². The number of halogens is 24. The molecule has 69 heavy (non-hydrogen) atoms. The van der Waals surface area contributed by atoms with E-state index in [4.69, 9.17) is 0 Å². The molecule has 27 heteroatoms. The summed E-state index contributed by atoms with van der Waals surface area (Å²) >= 11 is 0. The normalized spacial score (nSPS) is 13.4. The Bertz CT molecular complexity index is 2210. The SMILES string of the molecule is FC(F)(F)c1cc(P(c2cc(C(F)(F)F)cc(C(F)(F)F)c2)c2ccc[cH-]2)cc(C(F)(F)F)c1.FC(F)(F)c1cc(P(c2cc(C(F)(F)F)cc(C(F)(F)F)c2)c2ccc[cH-]2)cc(C(F)(F)F)c1.[Fe+2]. The predicted molar refractivity (Wildman–Crippen MR) is 201 cm³/mol. The Balaban J connectivity index is 0.000000296. The van der Waals surface area contributed by atoms with Gasteiger partial charge in [0.15, 0.2) is 0 Å². The number of hydrogen-bond donors (Lipinski definition) is 0. The van der Waals surface area contributed by atoms with Crippen LogP contribution in [0.4, 0.5) is 105 Å². The van der Waals surface area contributed by atoms with Gasteiger partial charge in [0, 0.05) is 0 Å². The van der Waals surface area contributed by atoms with Crippen molar-refractivity contribution >= 4 is 47.7 Å². The van der Waals surface area contributed by atoms with Crippen LogP contribution >= 0.6 is 15.8 Å². The van der Waals surface area contributed by atoms with Crippen molar-refractivity contribution in [1.82, 2.24) is 0 Å². The number of hydrogen-bond acceptors (Lipinski definition) is 0. The second-order valence-electron chi connectivity index (χ2n) is 14.0. The number of alkyl halides is 24. The first-order chi connectivity index (χ1) is 30.7. The molecule has 6 aromatic carbocycles. The van der Waals surface area contributed by atoms with Gasteiger partial charge < -0.3 is 0 Å². The fourth-order valence-electron chi connectivity index (χ4n) is 6.19. The zero-order valence-corrected chi connectivity index (χ0v) is 35.8. The average molecular weight is 1100 g/mol. The zero-order valence-electron chi connectivity index (χ0n) is 32.9. The third kappa shape index (κ3) is 14.2. The van der Waals surface area contributed by atoms with Gasteiger partial charge in [0.2, 0.25) is 0 Å². The largest absolute Gasteiger partial charge is 2.00 e. The van der Waals surface area contributed by atoms with E-state index < -0.39 is 131 Å². The van der Waals surface area contributed by atoms with Gasteiger partial charge in [-0.3, -0.25) is 0 Å². The van der Waals surface area contributed by atoms with Crippen molar-refractivity contribution < 1.29 is 122 Å². The van der Waals surface area contributed by atoms with Crippen molar-refractivity contribution in [2.45, 2.75) is 49.4 Å². The molecule has 0 saturated heterocycles. The molecule has 0 bridgehead atoms. The van der Waals surface area contributed by atoms with Gasteiger partial charge in [-0.25, -0.2) is 24.3 Å². The molecule has 6 rings (SSSR count). The molecule has 0 heterocycles. The van der Waals surface area contributed by atoms with E-state index in [2.05, 4.69) is 0 Å². The third-order valence-electron chi connectivity index (χ3n) is 9.13. The number of benzene rings is 4. The van der Waals surface area contributed by atoms with Crippen LogP contribution in [0.25, 0.3) is 0 Å². The van der Waals surface area contributed by atoms with Crippen molar-refractivity contribution in [3.63, 3.8) is 0 Å². The summed E-state index contributed by atoms with van der Waals surface area (Å²) in [6, 6.07) is 11.8. The van der Waals surface area contributed by atoms with Gasteiger partial charge >= 0.3 is 66.5 Å². The van der Waals surface area contributed by atoms with Crippen molar-refractivity contribution in [3.8, 4) is 0 Å². The molecular weight excluding hydrogens is 1080 g/mol. The molecule has 0 saturated carbocycles. The Morgan fingerprint density at radius 1 is 0.261 bits per heavy atom. The summed E-state index contributed by atoms with van der Waals surface area (Å²) in [5, 5.41) is -2.91. The minimum Gasteiger partial charge on any atom is -0.213 e. The van der Waals surface area contributed by atoms with Crippen molar-refractivity contribution in [1.29, 1.82) is 0 Å². The van der Waals surface area contributed by atoms with Crippen LogP contribution in [0.1, 0.15) is 44.5 Å². The van der Waals surface area contributed by atoms with Gasteiger partial charge in [-0.15, -0.1) is 10.6 Å². The van der Waals surface area contributed by atoms with E-state index in [1.54, 1.807) is 0 Å². The molecule has 6 aromatic rings. The smallest absolute Gasteiger partial charge is 0.213 e. The summed E-state index contributed by atoms with van der Waals surface area (Å²) < 4.78 is 320. The first-order valence-electron chi connectivity index (χ1n) is 18.0. The molecule has 0 nitrogen and oxygen atoms in total. The molecule has 0 fully saturated rings. The first kappa shape index (κ1) is 56.9. The van der Waals surface area contributed by atoms with Crippen LogP contribution in [0.5, 0.6) is 0 Å². The maximum atomic E-state index is 13.3. The topological polar surface area (TPSA) is 0 Å². The Labute approximate surface area is 384 Å². The van der Waals surface area contributed by atoms with Crippen LogP contribution in [-0.4, -0.2) is 0 Å². The molecular formula is C42H20F24FeP2. The van der Waals surface area contributed by atoms with Crippen LogP contribution in [0.3, 0.4) is 0 Å². The van der Waals surface area contributed by atoms with Gasteiger partial charge in [0.25, 0.3) is 0 Å². The minimum atomic E-state index is -5.26. The Morgan fingerprint density at radius 3 is 0.536 bits per heavy atom. The summed E-state index contributed by atoms with van der Waals surface area (Å²) in [7, 11) is -5.32. The van der Waals surface area contributed by atoms with Crippen LogP contribution in [-0.2, 0) is 66.5 Å². The molecule has 0 aliphatic carbocycles. The van der Waals surface area contributed by atoms with Crippen molar-refractivity contribution in [3.05, 3.63) is 166 Å². The summed E-state index contributed by atoms with van der Waals surface area (Å²) in [5.41, 5.74) is -13.9. The molecule has 0 atom stereocenters. The van der Waals surface area contributed by atoms with E-state index in [1.807, 2.05) is 0 Å². The predicted octanol–water partition coefficient (Wildman–Crippen LogP) is 14.5. The van der Waals surface area contributed by atoms with Crippen LogP contribution in [0.2, 0.25) is 0 Å². The molecule has 0 radical (unpaired) electrons. The molecule has 0 N–H and O–H groups in total. The Hall–Kier alpha value is -4.72.